The van der Waals surface area contributed by atoms with Crippen molar-refractivity contribution in [3.63, 3.8) is 0 Å². The number of aliphatic hydroxyl groups is 1. The maximum atomic E-state index is 10.3. The van der Waals surface area contributed by atoms with Crippen LogP contribution in [0, 0.1) is 0 Å². The third-order valence-electron chi connectivity index (χ3n) is 3.47. The van der Waals surface area contributed by atoms with Gasteiger partial charge in [0, 0.05) is 25.7 Å². The van der Waals surface area contributed by atoms with Crippen molar-refractivity contribution in [1.82, 2.24) is 16.0 Å². The van der Waals surface area contributed by atoms with Crippen molar-refractivity contribution in [1.29, 1.82) is 0 Å². The summed E-state index contributed by atoms with van der Waals surface area (Å²) in [6, 6.07) is 0.546. The third kappa shape index (κ3) is 3.41. The first-order valence-corrected chi connectivity index (χ1v) is 6.16. The van der Waals surface area contributed by atoms with Crippen molar-refractivity contribution >= 4 is 0 Å². The molecular formula is C11H23N3O. The summed E-state index contributed by atoms with van der Waals surface area (Å²) in [4.78, 5) is 0. The van der Waals surface area contributed by atoms with E-state index in [4.69, 9.17) is 0 Å². The predicted molar refractivity (Wildman–Crippen MR) is 60.9 cm³/mol. The second-order valence-electron chi connectivity index (χ2n) is 4.93. The minimum atomic E-state index is -0.518. The van der Waals surface area contributed by atoms with E-state index in [0.717, 1.165) is 45.6 Å². The molecule has 0 aromatic rings. The van der Waals surface area contributed by atoms with Crippen molar-refractivity contribution in [2.24, 2.45) is 0 Å². The molecule has 2 unspecified atom stereocenters. The first kappa shape index (κ1) is 11.3. The molecule has 0 amide bonds. The summed E-state index contributed by atoms with van der Waals surface area (Å²) in [6.07, 6.45) is 4.49. The van der Waals surface area contributed by atoms with Gasteiger partial charge in [-0.25, -0.2) is 0 Å². The number of hydrogen-bond acceptors (Lipinski definition) is 4. The molecule has 2 atom stereocenters. The fourth-order valence-corrected chi connectivity index (χ4v) is 2.46. The second-order valence-corrected chi connectivity index (χ2v) is 4.93. The fraction of sp³-hybridized carbons (Fsp3) is 1.00. The Kier molecular flexibility index (Phi) is 3.97. The van der Waals surface area contributed by atoms with E-state index in [-0.39, 0.29) is 0 Å². The van der Waals surface area contributed by atoms with Crippen molar-refractivity contribution in [2.75, 3.05) is 32.7 Å². The van der Waals surface area contributed by atoms with E-state index in [0.29, 0.717) is 6.04 Å². The molecule has 0 bridgehead atoms. The van der Waals surface area contributed by atoms with Gasteiger partial charge in [-0.2, -0.15) is 0 Å². The summed E-state index contributed by atoms with van der Waals surface area (Å²) in [5.74, 6) is 0. The lowest BCUT2D eigenvalue weighted by Crippen LogP contribution is -2.55. The predicted octanol–water partition coefficient (Wildman–Crippen LogP) is -0.557. The molecule has 2 saturated heterocycles. The Morgan fingerprint density at radius 1 is 1.27 bits per heavy atom. The van der Waals surface area contributed by atoms with Crippen LogP contribution in [0.1, 0.15) is 25.7 Å². The summed E-state index contributed by atoms with van der Waals surface area (Å²) in [7, 11) is 0. The molecule has 4 N–H and O–H groups in total. The van der Waals surface area contributed by atoms with Gasteiger partial charge in [-0.1, -0.05) is 0 Å². The van der Waals surface area contributed by atoms with Crippen LogP contribution >= 0.6 is 0 Å². The zero-order valence-corrected chi connectivity index (χ0v) is 9.39. The third-order valence-corrected chi connectivity index (χ3v) is 3.47. The molecule has 2 aliphatic rings. The van der Waals surface area contributed by atoms with Gasteiger partial charge in [0.1, 0.15) is 0 Å². The van der Waals surface area contributed by atoms with Gasteiger partial charge in [-0.05, 0) is 38.8 Å². The van der Waals surface area contributed by atoms with Gasteiger partial charge >= 0.3 is 0 Å². The van der Waals surface area contributed by atoms with Gasteiger partial charge in [-0.15, -0.1) is 0 Å². The Morgan fingerprint density at radius 2 is 2.13 bits per heavy atom. The van der Waals surface area contributed by atoms with Crippen LogP contribution in [0.25, 0.3) is 0 Å². The van der Waals surface area contributed by atoms with E-state index in [9.17, 15) is 5.11 Å². The summed E-state index contributed by atoms with van der Waals surface area (Å²) < 4.78 is 0. The first-order chi connectivity index (χ1) is 7.29. The molecule has 0 aromatic carbocycles. The van der Waals surface area contributed by atoms with Crippen LogP contribution in [-0.2, 0) is 0 Å². The summed E-state index contributed by atoms with van der Waals surface area (Å²) in [5, 5.41) is 20.4. The molecule has 2 rings (SSSR count). The molecule has 0 saturated carbocycles. The minimum absolute atomic E-state index is 0.518. The van der Waals surface area contributed by atoms with Crippen LogP contribution in [0.2, 0.25) is 0 Å². The largest absolute Gasteiger partial charge is 0.387 e. The molecule has 0 radical (unpaired) electrons. The van der Waals surface area contributed by atoms with Gasteiger partial charge in [0.25, 0.3) is 0 Å². The Hall–Kier alpha value is -0.160. The molecule has 4 nitrogen and oxygen atoms in total. The Bertz CT molecular complexity index is 186. The van der Waals surface area contributed by atoms with Crippen LogP contribution in [-0.4, -0.2) is 49.5 Å². The molecular weight excluding hydrogens is 190 g/mol. The lowest BCUT2D eigenvalue weighted by Gasteiger charge is -2.35. The number of rotatable bonds is 3. The van der Waals surface area contributed by atoms with Gasteiger partial charge in [0.05, 0.1) is 5.60 Å². The highest BCUT2D eigenvalue weighted by Gasteiger charge is 2.29. The van der Waals surface area contributed by atoms with Crippen molar-refractivity contribution in [3.05, 3.63) is 0 Å². The van der Waals surface area contributed by atoms with Crippen LogP contribution in [0.5, 0.6) is 0 Å². The monoisotopic (exact) mass is 213 g/mol. The van der Waals surface area contributed by atoms with E-state index in [1.54, 1.807) is 0 Å². The zero-order chi connectivity index (χ0) is 10.6. The molecule has 0 aliphatic carbocycles. The molecule has 2 aliphatic heterocycles. The smallest absolute Gasteiger partial charge is 0.0895 e. The summed E-state index contributed by atoms with van der Waals surface area (Å²) >= 11 is 0. The van der Waals surface area contributed by atoms with Crippen molar-refractivity contribution in [2.45, 2.75) is 37.3 Å². The highest BCUT2D eigenvalue weighted by Crippen LogP contribution is 2.15. The maximum Gasteiger partial charge on any atom is 0.0895 e. The van der Waals surface area contributed by atoms with E-state index in [2.05, 4.69) is 16.0 Å². The van der Waals surface area contributed by atoms with Crippen LogP contribution < -0.4 is 16.0 Å². The first-order valence-electron chi connectivity index (χ1n) is 6.16. The number of nitrogens with one attached hydrogen (secondary N) is 3. The van der Waals surface area contributed by atoms with Crippen molar-refractivity contribution in [3.8, 4) is 0 Å². The number of hydrogen-bond donors (Lipinski definition) is 4. The SMILES string of the molecule is OC1(CNC2CCCNC2)CCCNC1. The molecule has 4 heteroatoms. The highest BCUT2D eigenvalue weighted by atomic mass is 16.3. The van der Waals surface area contributed by atoms with Crippen LogP contribution in [0.15, 0.2) is 0 Å². The van der Waals surface area contributed by atoms with E-state index in [1.807, 2.05) is 0 Å². The van der Waals surface area contributed by atoms with Gasteiger partial charge in [0.15, 0.2) is 0 Å². The quantitative estimate of drug-likeness (QED) is 0.508. The summed E-state index contributed by atoms with van der Waals surface area (Å²) in [6.45, 7) is 4.70. The second kappa shape index (κ2) is 5.25. The lowest BCUT2D eigenvalue weighted by atomic mass is 9.93. The number of piperidine rings is 2. The topological polar surface area (TPSA) is 56.3 Å². The summed E-state index contributed by atoms with van der Waals surface area (Å²) in [5.41, 5.74) is -0.518. The zero-order valence-electron chi connectivity index (χ0n) is 9.39. The standard InChI is InChI=1S/C11H23N3O/c15-11(4-2-6-13-8-11)9-14-10-3-1-5-12-7-10/h10,12-15H,1-9H2. The molecule has 0 aromatic heterocycles. The fourth-order valence-electron chi connectivity index (χ4n) is 2.46. The van der Waals surface area contributed by atoms with Gasteiger partial charge in [-0.3, -0.25) is 0 Å². The van der Waals surface area contributed by atoms with Gasteiger partial charge in [0.2, 0.25) is 0 Å². The maximum absolute atomic E-state index is 10.3. The van der Waals surface area contributed by atoms with E-state index in [1.165, 1.54) is 12.8 Å². The molecule has 2 fully saturated rings. The average molecular weight is 213 g/mol. The lowest BCUT2D eigenvalue weighted by molar-refractivity contribution is 0.0141. The highest BCUT2D eigenvalue weighted by molar-refractivity contribution is 4.89. The molecule has 15 heavy (non-hydrogen) atoms. The van der Waals surface area contributed by atoms with Crippen LogP contribution in [0.3, 0.4) is 0 Å². The molecule has 2 heterocycles. The van der Waals surface area contributed by atoms with E-state index < -0.39 is 5.60 Å². The Morgan fingerprint density at radius 3 is 2.80 bits per heavy atom. The molecule has 88 valence electrons. The minimum Gasteiger partial charge on any atom is -0.387 e. The van der Waals surface area contributed by atoms with E-state index >= 15 is 0 Å². The normalized spacial score (nSPS) is 37.8. The number of β-amino-alcohol motifs (C(OH)–C–C–N with tert-alkyl or cyclic N) is 1. The average Bonchev–Trinajstić information content (AvgIpc) is 2.29. The van der Waals surface area contributed by atoms with Gasteiger partial charge < -0.3 is 21.1 Å². The Balaban J connectivity index is 1.70. The Labute approximate surface area is 91.8 Å². The van der Waals surface area contributed by atoms with Crippen LogP contribution in [0.4, 0.5) is 0 Å². The van der Waals surface area contributed by atoms with Crippen molar-refractivity contribution < 1.29 is 5.11 Å². The molecule has 0 spiro atoms.